The number of unbranched alkanes of at least 4 members (excludes halogenated alkanes) is 2. The zero-order valence-electron chi connectivity index (χ0n) is 9.31. The van der Waals surface area contributed by atoms with Gasteiger partial charge < -0.3 is 15.3 Å². The lowest BCUT2D eigenvalue weighted by Gasteiger charge is -2.25. The van der Waals surface area contributed by atoms with Crippen molar-refractivity contribution in [3.63, 3.8) is 0 Å². The molecule has 0 saturated carbocycles. The Balaban J connectivity index is 3.54. The summed E-state index contributed by atoms with van der Waals surface area (Å²) in [5.74, 6) is 0. The molecule has 0 aromatic rings. The van der Waals surface area contributed by atoms with Crippen molar-refractivity contribution >= 4 is 0 Å². The predicted molar refractivity (Wildman–Crippen MR) is 55.1 cm³/mol. The lowest BCUT2D eigenvalue weighted by molar-refractivity contribution is -0.316. The molecule has 0 saturated heterocycles. The topological polar surface area (TPSA) is 79.2 Å². The highest BCUT2D eigenvalue weighted by atomic mass is 17.2. The van der Waals surface area contributed by atoms with Crippen molar-refractivity contribution in [3.8, 4) is 0 Å². The third kappa shape index (κ3) is 6.06. The lowest BCUT2D eigenvalue weighted by Crippen LogP contribution is -2.38. The fourth-order valence-corrected chi connectivity index (χ4v) is 0.924. The highest BCUT2D eigenvalue weighted by Crippen LogP contribution is 2.15. The summed E-state index contributed by atoms with van der Waals surface area (Å²) in [6.45, 7) is 1.57. The fraction of sp³-hybridized carbons (Fsp3) is 1.00. The predicted octanol–water partition coefficient (Wildman–Crippen LogP) is 0.0881. The van der Waals surface area contributed by atoms with Crippen molar-refractivity contribution in [2.45, 2.75) is 26.2 Å². The van der Waals surface area contributed by atoms with E-state index in [0.29, 0.717) is 6.61 Å². The van der Waals surface area contributed by atoms with Crippen LogP contribution in [0, 0.1) is 5.41 Å². The first-order valence-electron chi connectivity index (χ1n) is 5.31. The Morgan fingerprint density at radius 2 is 1.53 bits per heavy atom. The van der Waals surface area contributed by atoms with E-state index in [1.807, 2.05) is 0 Å². The fourth-order valence-electron chi connectivity index (χ4n) is 0.924. The average Bonchev–Trinajstić information content (AvgIpc) is 2.29. The van der Waals surface area contributed by atoms with Gasteiger partial charge in [-0.15, -0.1) is 0 Å². The smallest absolute Gasteiger partial charge is 0.0944 e. The summed E-state index contributed by atoms with van der Waals surface area (Å²) in [6.07, 6.45) is 3.10. The van der Waals surface area contributed by atoms with E-state index in [0.717, 1.165) is 19.3 Å². The lowest BCUT2D eigenvalue weighted by atomic mass is 9.93. The Morgan fingerprint density at radius 3 is 2.00 bits per heavy atom. The summed E-state index contributed by atoms with van der Waals surface area (Å²) in [5.41, 5.74) is -1.01. The molecule has 0 amide bonds. The Labute approximate surface area is 90.6 Å². The first-order chi connectivity index (χ1) is 7.24. The summed E-state index contributed by atoms with van der Waals surface area (Å²) in [7, 11) is 0. The largest absolute Gasteiger partial charge is 0.396 e. The Hall–Kier alpha value is -0.200. The molecule has 0 rings (SSSR count). The molecule has 3 N–H and O–H groups in total. The number of hydrogen-bond acceptors (Lipinski definition) is 5. The van der Waals surface area contributed by atoms with Crippen LogP contribution in [0.1, 0.15) is 26.2 Å². The van der Waals surface area contributed by atoms with E-state index in [1.165, 1.54) is 0 Å². The minimum absolute atomic E-state index is 0.0113. The molecular weight excluding hydrogens is 200 g/mol. The van der Waals surface area contributed by atoms with Crippen LogP contribution in [0.3, 0.4) is 0 Å². The molecule has 0 fully saturated rings. The van der Waals surface area contributed by atoms with Crippen LogP contribution in [0.15, 0.2) is 0 Å². The van der Waals surface area contributed by atoms with Crippen LogP contribution in [-0.4, -0.2) is 48.4 Å². The molecule has 0 atom stereocenters. The molecule has 0 aromatic carbocycles. The highest BCUT2D eigenvalue weighted by Gasteiger charge is 2.29. The van der Waals surface area contributed by atoms with Crippen LogP contribution in [0.25, 0.3) is 0 Å². The molecule has 0 heterocycles. The van der Waals surface area contributed by atoms with Gasteiger partial charge in [0.05, 0.1) is 38.4 Å². The molecule has 0 aliphatic heterocycles. The van der Waals surface area contributed by atoms with E-state index < -0.39 is 5.41 Å². The van der Waals surface area contributed by atoms with Crippen molar-refractivity contribution in [1.82, 2.24) is 0 Å². The van der Waals surface area contributed by atoms with Crippen molar-refractivity contribution in [2.75, 3.05) is 33.0 Å². The zero-order chi connectivity index (χ0) is 11.6. The molecule has 0 bridgehead atoms. The second-order valence-corrected chi connectivity index (χ2v) is 3.77. The molecule has 5 heteroatoms. The quantitative estimate of drug-likeness (QED) is 0.277. The van der Waals surface area contributed by atoms with Crippen LogP contribution in [0.4, 0.5) is 0 Å². The molecule has 5 nitrogen and oxygen atoms in total. The summed E-state index contributed by atoms with van der Waals surface area (Å²) < 4.78 is 0. The van der Waals surface area contributed by atoms with E-state index >= 15 is 0 Å². The maximum absolute atomic E-state index is 8.96. The number of hydrogen-bond donors (Lipinski definition) is 3. The molecule has 0 aliphatic rings. The van der Waals surface area contributed by atoms with Crippen LogP contribution in [-0.2, 0) is 9.78 Å². The summed E-state index contributed by atoms with van der Waals surface area (Å²) >= 11 is 0. The van der Waals surface area contributed by atoms with Crippen molar-refractivity contribution in [2.24, 2.45) is 5.41 Å². The summed E-state index contributed by atoms with van der Waals surface area (Å²) in [6, 6.07) is 0. The van der Waals surface area contributed by atoms with Gasteiger partial charge in [0.25, 0.3) is 0 Å². The van der Waals surface area contributed by atoms with Crippen molar-refractivity contribution in [1.29, 1.82) is 0 Å². The van der Waals surface area contributed by atoms with E-state index in [-0.39, 0.29) is 26.4 Å². The van der Waals surface area contributed by atoms with Gasteiger partial charge in [0.15, 0.2) is 0 Å². The third-order valence-corrected chi connectivity index (χ3v) is 2.29. The molecule has 15 heavy (non-hydrogen) atoms. The zero-order valence-corrected chi connectivity index (χ0v) is 9.31. The van der Waals surface area contributed by atoms with E-state index in [2.05, 4.69) is 6.92 Å². The molecule has 0 unspecified atom stereocenters. The van der Waals surface area contributed by atoms with Crippen LogP contribution in [0.5, 0.6) is 0 Å². The van der Waals surface area contributed by atoms with Gasteiger partial charge in [0.2, 0.25) is 0 Å². The molecule has 0 spiro atoms. The normalized spacial score (nSPS) is 12.0. The standard InChI is InChI=1S/C10H22O5/c1-2-3-4-5-14-15-9-10(6-11,7-12)8-13/h11-13H,2-9H2,1H3. The second-order valence-electron chi connectivity index (χ2n) is 3.77. The molecule has 92 valence electrons. The average molecular weight is 222 g/mol. The van der Waals surface area contributed by atoms with Gasteiger partial charge in [-0.2, -0.15) is 0 Å². The Kier molecular flexibility index (Phi) is 8.94. The minimum atomic E-state index is -1.01. The van der Waals surface area contributed by atoms with Crippen LogP contribution >= 0.6 is 0 Å². The maximum atomic E-state index is 8.96. The molecule has 0 aliphatic carbocycles. The number of aliphatic hydroxyl groups excluding tert-OH is 3. The monoisotopic (exact) mass is 222 g/mol. The van der Waals surface area contributed by atoms with E-state index in [9.17, 15) is 0 Å². The van der Waals surface area contributed by atoms with Gasteiger partial charge in [-0.3, -0.25) is 0 Å². The van der Waals surface area contributed by atoms with Crippen LogP contribution in [0.2, 0.25) is 0 Å². The van der Waals surface area contributed by atoms with Gasteiger partial charge in [0, 0.05) is 0 Å². The SMILES string of the molecule is CCCCCOOCC(CO)(CO)CO. The Bertz CT molecular complexity index is 128. The summed E-state index contributed by atoms with van der Waals surface area (Å²) in [5, 5.41) is 26.9. The number of aliphatic hydroxyl groups is 3. The first kappa shape index (κ1) is 14.8. The van der Waals surface area contributed by atoms with Crippen molar-refractivity contribution in [3.05, 3.63) is 0 Å². The molecular formula is C10H22O5. The van der Waals surface area contributed by atoms with E-state index in [1.54, 1.807) is 0 Å². The van der Waals surface area contributed by atoms with Gasteiger partial charge in [-0.25, -0.2) is 9.78 Å². The van der Waals surface area contributed by atoms with Gasteiger partial charge >= 0.3 is 0 Å². The maximum Gasteiger partial charge on any atom is 0.0944 e. The number of rotatable bonds is 10. The molecule has 0 aromatic heterocycles. The minimum Gasteiger partial charge on any atom is -0.396 e. The summed E-state index contributed by atoms with van der Waals surface area (Å²) in [4.78, 5) is 9.70. The van der Waals surface area contributed by atoms with Gasteiger partial charge in [0.1, 0.15) is 0 Å². The second kappa shape index (κ2) is 9.06. The molecule has 0 radical (unpaired) electrons. The van der Waals surface area contributed by atoms with Crippen molar-refractivity contribution < 1.29 is 25.1 Å². The van der Waals surface area contributed by atoms with E-state index in [4.69, 9.17) is 25.1 Å². The first-order valence-corrected chi connectivity index (χ1v) is 5.31. The Morgan fingerprint density at radius 1 is 0.933 bits per heavy atom. The highest BCUT2D eigenvalue weighted by molar-refractivity contribution is 4.75. The van der Waals surface area contributed by atoms with Crippen LogP contribution < -0.4 is 0 Å². The third-order valence-electron chi connectivity index (χ3n) is 2.29. The van der Waals surface area contributed by atoms with Gasteiger partial charge in [-0.1, -0.05) is 19.8 Å². The van der Waals surface area contributed by atoms with Gasteiger partial charge in [-0.05, 0) is 6.42 Å².